The third-order valence-electron chi connectivity index (χ3n) is 5.25. The van der Waals surface area contributed by atoms with Crippen molar-refractivity contribution in [1.29, 1.82) is 0 Å². The molecule has 0 unspecified atom stereocenters. The average Bonchev–Trinajstić information content (AvgIpc) is 3.54. The lowest BCUT2D eigenvalue weighted by atomic mass is 10.0. The number of hydrogen-bond donors (Lipinski definition) is 4. The Morgan fingerprint density at radius 1 is 0.968 bits per heavy atom. The van der Waals surface area contributed by atoms with Crippen LogP contribution < -0.4 is 16.4 Å². The number of fused-ring (bicyclic) bond motifs is 1. The first kappa shape index (κ1) is 18.8. The SMILES string of the molecule is Nc1cncc(-c2ccc3[nH]nc(C(=O)Nc4ccccc4NC(=O)C4CC4)c3c2)c1. The Bertz CT molecular complexity index is 1310. The van der Waals surface area contributed by atoms with Crippen LogP contribution in [0.4, 0.5) is 17.1 Å². The Balaban J connectivity index is 1.44. The van der Waals surface area contributed by atoms with Gasteiger partial charge in [-0.1, -0.05) is 18.2 Å². The monoisotopic (exact) mass is 412 g/mol. The zero-order valence-corrected chi connectivity index (χ0v) is 16.6. The molecule has 8 heteroatoms. The largest absolute Gasteiger partial charge is 0.397 e. The summed E-state index contributed by atoms with van der Waals surface area (Å²) < 4.78 is 0. The molecule has 2 aromatic carbocycles. The maximum atomic E-state index is 13.0. The van der Waals surface area contributed by atoms with Crippen molar-refractivity contribution in [3.63, 3.8) is 0 Å². The number of carbonyl (C=O) groups excluding carboxylic acids is 2. The molecule has 4 aromatic rings. The summed E-state index contributed by atoms with van der Waals surface area (Å²) in [6.07, 6.45) is 5.11. The number of nitrogens with zero attached hydrogens (tertiary/aromatic N) is 2. The van der Waals surface area contributed by atoms with Crippen LogP contribution in [0.25, 0.3) is 22.0 Å². The van der Waals surface area contributed by atoms with Gasteiger partial charge in [0.1, 0.15) is 0 Å². The van der Waals surface area contributed by atoms with Gasteiger partial charge in [-0.15, -0.1) is 0 Å². The number of aromatic amines is 1. The molecule has 8 nitrogen and oxygen atoms in total. The first-order valence-electron chi connectivity index (χ1n) is 9.99. The summed E-state index contributed by atoms with van der Waals surface area (Å²) in [4.78, 5) is 29.3. The van der Waals surface area contributed by atoms with Crippen molar-refractivity contribution in [2.45, 2.75) is 12.8 Å². The topological polar surface area (TPSA) is 126 Å². The van der Waals surface area contributed by atoms with Crippen molar-refractivity contribution >= 4 is 39.8 Å². The predicted molar refractivity (Wildman–Crippen MR) is 119 cm³/mol. The van der Waals surface area contributed by atoms with E-state index >= 15 is 0 Å². The zero-order chi connectivity index (χ0) is 21.4. The number of hydrogen-bond acceptors (Lipinski definition) is 5. The number of benzene rings is 2. The number of aromatic nitrogens is 3. The molecule has 1 aliphatic carbocycles. The van der Waals surface area contributed by atoms with Gasteiger partial charge in [-0.05, 0) is 48.7 Å². The highest BCUT2D eigenvalue weighted by Crippen LogP contribution is 2.32. The fourth-order valence-electron chi connectivity index (χ4n) is 3.45. The molecule has 0 atom stereocenters. The summed E-state index contributed by atoms with van der Waals surface area (Å²) in [5, 5.41) is 13.5. The minimum Gasteiger partial charge on any atom is -0.397 e. The van der Waals surface area contributed by atoms with Gasteiger partial charge in [-0.25, -0.2) is 0 Å². The second kappa shape index (κ2) is 7.56. The van der Waals surface area contributed by atoms with E-state index < -0.39 is 0 Å². The highest BCUT2D eigenvalue weighted by molar-refractivity contribution is 6.13. The van der Waals surface area contributed by atoms with E-state index in [1.165, 1.54) is 0 Å². The molecule has 0 aliphatic heterocycles. The lowest BCUT2D eigenvalue weighted by Crippen LogP contribution is -2.18. The van der Waals surface area contributed by atoms with Crippen LogP contribution in [0, 0.1) is 5.92 Å². The minimum absolute atomic E-state index is 0.0210. The molecule has 5 rings (SSSR count). The van der Waals surface area contributed by atoms with E-state index in [1.54, 1.807) is 30.6 Å². The molecule has 2 amide bonds. The van der Waals surface area contributed by atoms with Crippen molar-refractivity contribution in [1.82, 2.24) is 15.2 Å². The number of para-hydroxylation sites is 2. The van der Waals surface area contributed by atoms with Gasteiger partial charge in [0.05, 0.1) is 22.6 Å². The molecular weight excluding hydrogens is 392 g/mol. The van der Waals surface area contributed by atoms with Crippen LogP contribution >= 0.6 is 0 Å². The first-order chi connectivity index (χ1) is 15.1. The molecule has 0 radical (unpaired) electrons. The van der Waals surface area contributed by atoms with Gasteiger partial charge in [-0.3, -0.25) is 19.7 Å². The highest BCUT2D eigenvalue weighted by atomic mass is 16.2. The summed E-state index contributed by atoms with van der Waals surface area (Å²) >= 11 is 0. The second-order valence-corrected chi connectivity index (χ2v) is 7.60. The lowest BCUT2D eigenvalue weighted by Gasteiger charge is -2.11. The number of H-pyrrole nitrogens is 1. The van der Waals surface area contributed by atoms with Gasteiger partial charge in [0.2, 0.25) is 5.91 Å². The van der Waals surface area contributed by atoms with Crippen LogP contribution in [-0.2, 0) is 4.79 Å². The van der Waals surface area contributed by atoms with E-state index in [-0.39, 0.29) is 23.4 Å². The smallest absolute Gasteiger partial charge is 0.276 e. The van der Waals surface area contributed by atoms with Crippen LogP contribution in [0.3, 0.4) is 0 Å². The zero-order valence-electron chi connectivity index (χ0n) is 16.6. The van der Waals surface area contributed by atoms with Crippen LogP contribution in [0.2, 0.25) is 0 Å². The Kier molecular flexibility index (Phi) is 4.59. The molecule has 1 aliphatic rings. The maximum absolute atomic E-state index is 13.0. The van der Waals surface area contributed by atoms with Gasteiger partial charge in [0.25, 0.3) is 5.91 Å². The lowest BCUT2D eigenvalue weighted by molar-refractivity contribution is -0.117. The van der Waals surface area contributed by atoms with Crippen LogP contribution in [0.15, 0.2) is 60.9 Å². The summed E-state index contributed by atoms with van der Waals surface area (Å²) in [7, 11) is 0. The third kappa shape index (κ3) is 3.83. The summed E-state index contributed by atoms with van der Waals surface area (Å²) in [5.74, 6) is -0.325. The molecule has 1 fully saturated rings. The van der Waals surface area contributed by atoms with Gasteiger partial charge in [-0.2, -0.15) is 5.10 Å². The maximum Gasteiger partial charge on any atom is 0.276 e. The van der Waals surface area contributed by atoms with Crippen molar-refractivity contribution in [2.75, 3.05) is 16.4 Å². The van der Waals surface area contributed by atoms with E-state index in [1.807, 2.05) is 30.3 Å². The molecule has 1 saturated carbocycles. The Hall–Kier alpha value is -4.20. The average molecular weight is 412 g/mol. The van der Waals surface area contributed by atoms with Crippen LogP contribution in [0.1, 0.15) is 23.3 Å². The second-order valence-electron chi connectivity index (χ2n) is 7.60. The van der Waals surface area contributed by atoms with E-state index in [0.29, 0.717) is 22.4 Å². The molecule has 2 aromatic heterocycles. The van der Waals surface area contributed by atoms with E-state index in [0.717, 1.165) is 29.5 Å². The quantitative estimate of drug-likeness (QED) is 0.397. The molecule has 0 bridgehead atoms. The number of amides is 2. The number of nitrogens with one attached hydrogen (secondary N) is 3. The fraction of sp³-hybridized carbons (Fsp3) is 0.130. The van der Waals surface area contributed by atoms with Gasteiger partial charge in [0.15, 0.2) is 5.69 Å². The molecule has 5 N–H and O–H groups in total. The summed E-state index contributed by atoms with van der Waals surface area (Å²) in [5.41, 5.74) is 10.2. The number of nitrogen functional groups attached to an aromatic ring is 1. The van der Waals surface area contributed by atoms with Crippen molar-refractivity contribution in [3.8, 4) is 11.1 Å². The number of anilines is 3. The molecule has 2 heterocycles. The number of rotatable bonds is 5. The van der Waals surface area contributed by atoms with E-state index in [4.69, 9.17) is 5.73 Å². The van der Waals surface area contributed by atoms with Gasteiger partial charge >= 0.3 is 0 Å². The summed E-state index contributed by atoms with van der Waals surface area (Å²) in [6, 6.07) is 14.6. The molecule has 154 valence electrons. The number of nitrogens with two attached hydrogens (primary N) is 1. The van der Waals surface area contributed by atoms with Gasteiger partial charge in [0, 0.05) is 29.3 Å². The van der Waals surface area contributed by atoms with E-state index in [2.05, 4.69) is 25.8 Å². The third-order valence-corrected chi connectivity index (χ3v) is 5.25. The standard InChI is InChI=1S/C23H20N6O2/c24-16-9-15(11-25-12-16)14-7-8-18-17(10-14)21(29-28-18)23(31)27-20-4-2-1-3-19(20)26-22(30)13-5-6-13/h1-4,7-13H,5-6,24H2,(H,26,30)(H,27,31)(H,28,29). The highest BCUT2D eigenvalue weighted by Gasteiger charge is 2.30. The Morgan fingerprint density at radius 2 is 1.74 bits per heavy atom. The van der Waals surface area contributed by atoms with Crippen molar-refractivity contribution in [3.05, 3.63) is 66.6 Å². The molecule has 0 saturated heterocycles. The predicted octanol–water partition coefficient (Wildman–Crippen LogP) is 3.81. The Labute approximate surface area is 177 Å². The number of pyridine rings is 1. The first-order valence-corrected chi connectivity index (χ1v) is 9.99. The number of carbonyl (C=O) groups is 2. The van der Waals surface area contributed by atoms with Gasteiger partial charge < -0.3 is 16.4 Å². The van der Waals surface area contributed by atoms with E-state index in [9.17, 15) is 9.59 Å². The van der Waals surface area contributed by atoms with Crippen molar-refractivity contribution < 1.29 is 9.59 Å². The molecule has 0 spiro atoms. The normalized spacial score (nSPS) is 13.2. The van der Waals surface area contributed by atoms with Crippen LogP contribution in [-0.4, -0.2) is 27.0 Å². The molecular formula is C23H20N6O2. The Morgan fingerprint density at radius 3 is 2.48 bits per heavy atom. The van der Waals surface area contributed by atoms with Crippen LogP contribution in [0.5, 0.6) is 0 Å². The summed E-state index contributed by atoms with van der Waals surface area (Å²) in [6.45, 7) is 0. The minimum atomic E-state index is -0.373. The van der Waals surface area contributed by atoms with Crippen molar-refractivity contribution in [2.24, 2.45) is 5.92 Å². The fourth-order valence-corrected chi connectivity index (χ4v) is 3.45. The molecule has 31 heavy (non-hydrogen) atoms.